The Morgan fingerprint density at radius 2 is 1.65 bits per heavy atom. The molecule has 0 saturated carbocycles. The minimum Gasteiger partial charge on any atom is -0.353 e. The third-order valence-electron chi connectivity index (χ3n) is 3.61. The Labute approximate surface area is 163 Å². The zero-order valence-electron chi connectivity index (χ0n) is 14.7. The monoisotopic (exact) mass is 439 g/mol. The summed E-state index contributed by atoms with van der Waals surface area (Å²) in [6.45, 7) is 0.840. The average Bonchev–Trinajstić information content (AvgIpc) is 2.61. The van der Waals surface area contributed by atoms with Gasteiger partial charge in [-0.15, -0.1) is 0 Å². The van der Waals surface area contributed by atoms with Crippen molar-refractivity contribution in [2.24, 2.45) is 0 Å². The first-order valence-electron chi connectivity index (χ1n) is 8.05. The molecule has 0 bridgehead atoms. The average molecular weight is 440 g/mol. The minimum absolute atomic E-state index is 0.143. The van der Waals surface area contributed by atoms with E-state index in [9.17, 15) is 13.2 Å². The van der Waals surface area contributed by atoms with Gasteiger partial charge in [0.05, 0.1) is 10.6 Å². The third-order valence-corrected chi connectivity index (χ3v) is 5.93. The maximum atomic E-state index is 13.1. The molecular weight excluding hydrogens is 418 g/mol. The van der Waals surface area contributed by atoms with E-state index < -0.39 is 10.0 Å². The van der Waals surface area contributed by atoms with Crippen molar-refractivity contribution in [1.29, 1.82) is 0 Å². The highest BCUT2D eigenvalue weighted by molar-refractivity contribution is 9.10. The molecule has 0 spiro atoms. The van der Waals surface area contributed by atoms with E-state index in [0.717, 1.165) is 8.78 Å². The van der Waals surface area contributed by atoms with E-state index in [-0.39, 0.29) is 17.3 Å². The molecule has 2 rings (SSSR count). The van der Waals surface area contributed by atoms with Crippen molar-refractivity contribution in [3.63, 3.8) is 0 Å². The molecule has 0 saturated heterocycles. The summed E-state index contributed by atoms with van der Waals surface area (Å²) in [5.41, 5.74) is 0.430. The van der Waals surface area contributed by atoms with E-state index in [1.54, 1.807) is 42.5 Å². The summed E-state index contributed by atoms with van der Waals surface area (Å²) in [6.07, 6.45) is 0. The first-order valence-corrected chi connectivity index (χ1v) is 10.3. The van der Waals surface area contributed by atoms with E-state index in [1.807, 2.05) is 19.0 Å². The largest absolute Gasteiger partial charge is 0.353 e. The molecule has 8 heteroatoms. The number of nitrogens with one attached hydrogen (secondary N) is 1. The number of benzene rings is 2. The van der Waals surface area contributed by atoms with Gasteiger partial charge in [-0.1, -0.05) is 34.1 Å². The number of halogens is 1. The van der Waals surface area contributed by atoms with Gasteiger partial charge in [0.15, 0.2) is 0 Å². The SMILES string of the molecule is CN(C)CCNC(=O)CN(c1ccc(Br)cc1)S(=O)(=O)c1ccccc1. The van der Waals surface area contributed by atoms with Crippen molar-refractivity contribution in [2.75, 3.05) is 38.0 Å². The number of carbonyl (C=O) groups is 1. The van der Waals surface area contributed by atoms with Gasteiger partial charge in [0, 0.05) is 17.6 Å². The molecule has 0 heterocycles. The van der Waals surface area contributed by atoms with Crippen LogP contribution in [0.5, 0.6) is 0 Å². The van der Waals surface area contributed by atoms with Crippen LogP contribution in [0.1, 0.15) is 0 Å². The fourth-order valence-corrected chi connectivity index (χ4v) is 3.95. The molecule has 0 aromatic heterocycles. The highest BCUT2D eigenvalue weighted by atomic mass is 79.9. The molecule has 0 atom stereocenters. The molecular formula is C18H22BrN3O3S. The molecule has 6 nitrogen and oxygen atoms in total. The Balaban J connectivity index is 2.28. The molecule has 0 aliphatic rings. The van der Waals surface area contributed by atoms with E-state index in [2.05, 4.69) is 21.2 Å². The van der Waals surface area contributed by atoms with Gasteiger partial charge in [0.1, 0.15) is 6.54 Å². The number of anilines is 1. The maximum Gasteiger partial charge on any atom is 0.264 e. The number of hydrogen-bond acceptors (Lipinski definition) is 4. The maximum absolute atomic E-state index is 13.1. The summed E-state index contributed by atoms with van der Waals surface area (Å²) >= 11 is 3.34. The normalized spacial score (nSPS) is 11.4. The summed E-state index contributed by atoms with van der Waals surface area (Å²) in [5, 5.41) is 2.75. The first kappa shape index (κ1) is 20.4. The predicted octanol–water partition coefficient (Wildman–Crippen LogP) is 2.32. The number of rotatable bonds is 8. The first-order chi connectivity index (χ1) is 12.3. The van der Waals surface area contributed by atoms with Crippen LogP contribution >= 0.6 is 15.9 Å². The van der Waals surface area contributed by atoms with E-state index in [1.165, 1.54) is 12.1 Å². The zero-order chi connectivity index (χ0) is 19.2. The van der Waals surface area contributed by atoms with Crippen molar-refractivity contribution in [1.82, 2.24) is 10.2 Å². The summed E-state index contributed by atoms with van der Waals surface area (Å²) < 4.78 is 28.1. The quantitative estimate of drug-likeness (QED) is 0.684. The van der Waals surface area contributed by atoms with Crippen molar-refractivity contribution in [3.05, 3.63) is 59.1 Å². The van der Waals surface area contributed by atoms with Crippen LogP contribution < -0.4 is 9.62 Å². The van der Waals surface area contributed by atoms with Gasteiger partial charge in [0.2, 0.25) is 5.91 Å². The molecule has 2 aromatic carbocycles. The van der Waals surface area contributed by atoms with Crippen molar-refractivity contribution < 1.29 is 13.2 Å². The second-order valence-electron chi connectivity index (χ2n) is 5.95. The number of likely N-dealkylation sites (N-methyl/N-ethyl adjacent to an activating group) is 1. The number of sulfonamides is 1. The number of hydrogen-bond donors (Lipinski definition) is 1. The molecule has 0 radical (unpaired) electrons. The van der Waals surface area contributed by atoms with Gasteiger partial charge >= 0.3 is 0 Å². The van der Waals surface area contributed by atoms with Gasteiger partial charge in [-0.2, -0.15) is 0 Å². The molecule has 0 aliphatic heterocycles. The van der Waals surface area contributed by atoms with Gasteiger partial charge in [-0.25, -0.2) is 8.42 Å². The topological polar surface area (TPSA) is 69.7 Å². The lowest BCUT2D eigenvalue weighted by atomic mass is 10.3. The standard InChI is InChI=1S/C18H22BrN3O3S/c1-21(2)13-12-20-18(23)14-22(16-10-8-15(19)9-11-16)26(24,25)17-6-4-3-5-7-17/h3-11H,12-14H2,1-2H3,(H,20,23). The Hall–Kier alpha value is -1.90. The Morgan fingerprint density at radius 3 is 2.23 bits per heavy atom. The Morgan fingerprint density at radius 1 is 1.04 bits per heavy atom. The number of carbonyl (C=O) groups excluding carboxylic acids is 1. The third kappa shape index (κ3) is 5.55. The molecule has 2 aromatic rings. The van der Waals surface area contributed by atoms with E-state index in [4.69, 9.17) is 0 Å². The second-order valence-corrected chi connectivity index (χ2v) is 8.73. The van der Waals surface area contributed by atoms with Crippen LogP contribution in [0.2, 0.25) is 0 Å². The summed E-state index contributed by atoms with van der Waals surface area (Å²) in [6, 6.07) is 14.9. The van der Waals surface area contributed by atoms with Crippen molar-refractivity contribution in [3.8, 4) is 0 Å². The van der Waals surface area contributed by atoms with Gasteiger partial charge in [-0.05, 0) is 50.5 Å². The van der Waals surface area contributed by atoms with Crippen LogP contribution in [-0.4, -0.2) is 53.0 Å². The number of nitrogens with zero attached hydrogens (tertiary/aromatic N) is 2. The van der Waals surface area contributed by atoms with Crippen molar-refractivity contribution >= 4 is 37.5 Å². The van der Waals surface area contributed by atoms with Crippen molar-refractivity contribution in [2.45, 2.75) is 4.90 Å². The van der Waals surface area contributed by atoms with E-state index >= 15 is 0 Å². The minimum atomic E-state index is -3.86. The van der Waals surface area contributed by atoms with Crippen LogP contribution in [0.25, 0.3) is 0 Å². The fourth-order valence-electron chi connectivity index (χ4n) is 2.25. The Kier molecular flexibility index (Phi) is 7.19. The van der Waals surface area contributed by atoms with Crippen LogP contribution in [0.3, 0.4) is 0 Å². The lowest BCUT2D eigenvalue weighted by molar-refractivity contribution is -0.119. The summed E-state index contributed by atoms with van der Waals surface area (Å²) in [4.78, 5) is 14.4. The molecule has 1 amide bonds. The second kappa shape index (κ2) is 9.16. The van der Waals surface area contributed by atoms with Crippen LogP contribution in [0.15, 0.2) is 64.0 Å². The molecule has 140 valence electrons. The van der Waals surface area contributed by atoms with Crippen LogP contribution in [0.4, 0.5) is 5.69 Å². The van der Waals surface area contributed by atoms with Gasteiger partial charge in [-0.3, -0.25) is 9.10 Å². The zero-order valence-corrected chi connectivity index (χ0v) is 17.1. The number of amides is 1. The van der Waals surface area contributed by atoms with Crippen LogP contribution in [-0.2, 0) is 14.8 Å². The lowest BCUT2D eigenvalue weighted by Gasteiger charge is -2.24. The van der Waals surface area contributed by atoms with Gasteiger partial charge < -0.3 is 10.2 Å². The smallest absolute Gasteiger partial charge is 0.264 e. The highest BCUT2D eigenvalue weighted by Crippen LogP contribution is 2.25. The predicted molar refractivity (Wildman–Crippen MR) is 107 cm³/mol. The van der Waals surface area contributed by atoms with Gasteiger partial charge in [0.25, 0.3) is 10.0 Å². The molecule has 0 aliphatic carbocycles. The Bertz CT molecular complexity index is 825. The highest BCUT2D eigenvalue weighted by Gasteiger charge is 2.26. The lowest BCUT2D eigenvalue weighted by Crippen LogP contribution is -2.42. The molecule has 26 heavy (non-hydrogen) atoms. The summed E-state index contributed by atoms with van der Waals surface area (Å²) in [5.74, 6) is -0.353. The molecule has 0 fully saturated rings. The molecule has 1 N–H and O–H groups in total. The molecule has 0 unspecified atom stereocenters. The van der Waals surface area contributed by atoms with Crippen LogP contribution in [0, 0.1) is 0 Å². The summed E-state index contributed by atoms with van der Waals surface area (Å²) in [7, 11) is -0.0508. The van der Waals surface area contributed by atoms with E-state index in [0.29, 0.717) is 18.8 Å². The fraction of sp³-hybridized carbons (Fsp3) is 0.278.